The van der Waals surface area contributed by atoms with E-state index in [-0.39, 0.29) is 11.9 Å². The first-order valence-electron chi connectivity index (χ1n) is 8.36. The Morgan fingerprint density at radius 3 is 2.42 bits per heavy atom. The lowest BCUT2D eigenvalue weighted by Gasteiger charge is -2.30. The van der Waals surface area contributed by atoms with E-state index in [1.807, 2.05) is 44.9 Å². The van der Waals surface area contributed by atoms with Crippen molar-refractivity contribution in [1.29, 1.82) is 5.26 Å². The van der Waals surface area contributed by atoms with Crippen LogP contribution in [0.25, 0.3) is 0 Å². The van der Waals surface area contributed by atoms with Gasteiger partial charge in [-0.3, -0.25) is 9.69 Å². The molecule has 1 atom stereocenters. The molecule has 0 aliphatic heterocycles. The zero-order valence-corrected chi connectivity index (χ0v) is 15.5. The minimum atomic E-state index is -0.249. The van der Waals surface area contributed by atoms with Crippen LogP contribution >= 0.6 is 0 Å². The molecule has 1 rings (SSSR count). The summed E-state index contributed by atoms with van der Waals surface area (Å²) >= 11 is 0. The highest BCUT2D eigenvalue weighted by Crippen LogP contribution is 2.21. The Morgan fingerprint density at radius 2 is 1.88 bits per heavy atom. The third kappa shape index (κ3) is 5.95. The molecular weight excluding hydrogens is 302 g/mol. The maximum Gasteiger partial charge on any atom is 0.244 e. The lowest BCUT2D eigenvalue weighted by molar-refractivity contribution is -0.122. The van der Waals surface area contributed by atoms with Crippen LogP contribution in [0.4, 0.5) is 5.69 Å². The minimum Gasteiger partial charge on any atom is -0.385 e. The van der Waals surface area contributed by atoms with Crippen LogP contribution in [0.1, 0.15) is 30.9 Å². The molecule has 0 saturated heterocycles. The first kappa shape index (κ1) is 20.1. The first-order valence-corrected chi connectivity index (χ1v) is 8.36. The van der Waals surface area contributed by atoms with Crippen molar-refractivity contribution in [3.8, 4) is 6.07 Å². The largest absolute Gasteiger partial charge is 0.385 e. The number of carbonyl (C=O) groups is 1. The number of nitriles is 1. The second-order valence-corrected chi connectivity index (χ2v) is 6.25. The Bertz CT molecular complexity index is 560. The van der Waals surface area contributed by atoms with Crippen molar-refractivity contribution in [2.45, 2.75) is 39.7 Å². The van der Waals surface area contributed by atoms with Crippen LogP contribution < -0.4 is 4.90 Å². The number of rotatable bonds is 9. The lowest BCUT2D eigenvalue weighted by Crippen LogP contribution is -2.46. The highest BCUT2D eigenvalue weighted by Gasteiger charge is 2.25. The molecule has 1 aromatic rings. The zero-order chi connectivity index (χ0) is 18.1. The van der Waals surface area contributed by atoms with Gasteiger partial charge >= 0.3 is 0 Å². The van der Waals surface area contributed by atoms with Crippen LogP contribution in [0.2, 0.25) is 0 Å². The minimum absolute atomic E-state index is 0.0233. The second kappa shape index (κ2) is 10.1. The summed E-state index contributed by atoms with van der Waals surface area (Å²) in [5, 5.41) is 8.93. The molecule has 0 radical (unpaired) electrons. The van der Waals surface area contributed by atoms with E-state index in [1.165, 1.54) is 0 Å². The van der Waals surface area contributed by atoms with E-state index in [1.54, 1.807) is 12.0 Å². The number of carbonyl (C=O) groups excluding carboxylic acids is 1. The normalized spacial score (nSPS) is 12.0. The van der Waals surface area contributed by atoms with Crippen molar-refractivity contribution in [3.05, 3.63) is 29.3 Å². The summed E-state index contributed by atoms with van der Waals surface area (Å²) in [6.07, 6.45) is 1.20. The fourth-order valence-corrected chi connectivity index (χ4v) is 2.70. The second-order valence-electron chi connectivity index (χ2n) is 6.25. The molecule has 1 aromatic carbocycles. The van der Waals surface area contributed by atoms with Crippen molar-refractivity contribution in [2.24, 2.45) is 0 Å². The van der Waals surface area contributed by atoms with E-state index >= 15 is 0 Å². The van der Waals surface area contributed by atoms with Gasteiger partial charge in [0, 0.05) is 32.5 Å². The fraction of sp³-hybridized carbons (Fsp3) is 0.579. The van der Waals surface area contributed by atoms with E-state index < -0.39 is 0 Å². The smallest absolute Gasteiger partial charge is 0.244 e. The molecule has 0 fully saturated rings. The van der Waals surface area contributed by atoms with Crippen LogP contribution in [0.15, 0.2) is 18.2 Å². The Kier molecular flexibility index (Phi) is 8.45. The van der Waals surface area contributed by atoms with Crippen LogP contribution in [0.5, 0.6) is 0 Å². The molecule has 0 aliphatic carbocycles. The average molecular weight is 331 g/mol. The van der Waals surface area contributed by atoms with E-state index in [9.17, 15) is 4.79 Å². The lowest BCUT2D eigenvalue weighted by atomic mass is 10.1. The van der Waals surface area contributed by atoms with E-state index in [4.69, 9.17) is 10.00 Å². The van der Waals surface area contributed by atoms with E-state index in [0.717, 1.165) is 29.8 Å². The molecule has 5 nitrogen and oxygen atoms in total. The van der Waals surface area contributed by atoms with Gasteiger partial charge in [0.25, 0.3) is 0 Å². The molecule has 24 heavy (non-hydrogen) atoms. The predicted octanol–water partition coefficient (Wildman–Crippen LogP) is 2.91. The molecule has 1 amide bonds. The molecule has 132 valence electrons. The number of aryl methyl sites for hydroxylation is 2. The van der Waals surface area contributed by atoms with Gasteiger partial charge in [-0.1, -0.05) is 6.07 Å². The summed E-state index contributed by atoms with van der Waals surface area (Å²) in [7, 11) is 3.63. The summed E-state index contributed by atoms with van der Waals surface area (Å²) in [5.74, 6) is 0.0233. The Morgan fingerprint density at radius 1 is 1.25 bits per heavy atom. The fourth-order valence-electron chi connectivity index (χ4n) is 2.70. The number of benzene rings is 1. The average Bonchev–Trinajstić information content (AvgIpc) is 2.53. The SMILES string of the molecule is COCCCN(C)C(C)C(=O)N(CCC#N)c1cc(C)cc(C)c1. The third-order valence-electron chi connectivity index (χ3n) is 4.11. The maximum atomic E-state index is 13.0. The number of hydrogen-bond donors (Lipinski definition) is 0. The molecule has 0 spiro atoms. The predicted molar refractivity (Wildman–Crippen MR) is 97.1 cm³/mol. The van der Waals surface area contributed by atoms with Crippen molar-refractivity contribution in [3.63, 3.8) is 0 Å². The van der Waals surface area contributed by atoms with Crippen molar-refractivity contribution < 1.29 is 9.53 Å². The van der Waals surface area contributed by atoms with Gasteiger partial charge in [-0.2, -0.15) is 5.26 Å². The number of anilines is 1. The number of methoxy groups -OCH3 is 1. The van der Waals surface area contributed by atoms with Crippen molar-refractivity contribution in [2.75, 3.05) is 38.8 Å². The Labute approximate surface area is 145 Å². The Balaban J connectivity index is 2.94. The van der Waals surface area contributed by atoms with Gasteiger partial charge in [-0.05, 0) is 57.5 Å². The highest BCUT2D eigenvalue weighted by atomic mass is 16.5. The maximum absolute atomic E-state index is 13.0. The molecule has 0 N–H and O–H groups in total. The van der Waals surface area contributed by atoms with Crippen LogP contribution in [0.3, 0.4) is 0 Å². The van der Waals surface area contributed by atoms with Gasteiger partial charge in [0.1, 0.15) is 0 Å². The van der Waals surface area contributed by atoms with E-state index in [2.05, 4.69) is 12.1 Å². The molecule has 5 heteroatoms. The number of hydrogen-bond acceptors (Lipinski definition) is 4. The van der Waals surface area contributed by atoms with Crippen molar-refractivity contribution >= 4 is 11.6 Å². The van der Waals surface area contributed by atoms with Gasteiger partial charge < -0.3 is 9.64 Å². The summed E-state index contributed by atoms with van der Waals surface area (Å²) in [4.78, 5) is 16.8. The van der Waals surface area contributed by atoms with Gasteiger partial charge in [-0.25, -0.2) is 0 Å². The quantitative estimate of drug-likeness (QED) is 0.653. The summed E-state index contributed by atoms with van der Waals surface area (Å²) in [6, 6.07) is 7.97. The number of likely N-dealkylation sites (N-methyl/N-ethyl adjacent to an activating group) is 1. The van der Waals surface area contributed by atoms with Crippen LogP contribution in [-0.2, 0) is 9.53 Å². The molecule has 0 heterocycles. The molecule has 0 saturated carbocycles. The monoisotopic (exact) mass is 331 g/mol. The highest BCUT2D eigenvalue weighted by molar-refractivity contribution is 5.97. The summed E-state index contributed by atoms with van der Waals surface area (Å²) in [5.41, 5.74) is 3.09. The number of amides is 1. The van der Waals surface area contributed by atoms with Gasteiger partial charge in [0.2, 0.25) is 5.91 Å². The zero-order valence-electron chi connectivity index (χ0n) is 15.5. The number of nitrogens with zero attached hydrogens (tertiary/aromatic N) is 3. The topological polar surface area (TPSA) is 56.6 Å². The number of ether oxygens (including phenoxy) is 1. The molecule has 0 bridgehead atoms. The van der Waals surface area contributed by atoms with Crippen LogP contribution in [-0.4, -0.2) is 50.7 Å². The standard InChI is InChI=1S/C19H29N3O2/c1-15-12-16(2)14-18(13-15)22(10-6-8-20)19(23)17(3)21(4)9-7-11-24-5/h12-14,17H,6-7,9-11H2,1-5H3. The third-order valence-corrected chi connectivity index (χ3v) is 4.11. The van der Waals surface area contributed by atoms with Crippen molar-refractivity contribution in [1.82, 2.24) is 4.90 Å². The molecule has 0 aliphatic rings. The van der Waals surface area contributed by atoms with Gasteiger partial charge in [0.15, 0.2) is 0 Å². The molecular formula is C19H29N3O2. The molecule has 1 unspecified atom stereocenters. The molecule has 0 aromatic heterocycles. The Hall–Kier alpha value is -1.90. The van der Waals surface area contributed by atoms with Gasteiger partial charge in [0.05, 0.1) is 18.5 Å². The van der Waals surface area contributed by atoms with Gasteiger partial charge in [-0.15, -0.1) is 0 Å². The van der Waals surface area contributed by atoms with E-state index in [0.29, 0.717) is 19.6 Å². The summed E-state index contributed by atoms with van der Waals surface area (Å²) in [6.45, 7) is 7.83. The first-order chi connectivity index (χ1) is 11.4. The summed E-state index contributed by atoms with van der Waals surface area (Å²) < 4.78 is 5.07. The van der Waals surface area contributed by atoms with Crippen LogP contribution in [0, 0.1) is 25.2 Å².